The van der Waals surface area contributed by atoms with Crippen LogP contribution in [0.2, 0.25) is 0 Å². The lowest BCUT2D eigenvalue weighted by molar-refractivity contribution is -0.167. The van der Waals surface area contributed by atoms with Crippen LogP contribution in [0, 0.1) is 0 Å². The Labute approximate surface area is 375 Å². The molecule has 0 heterocycles. The van der Waals surface area contributed by atoms with Crippen molar-refractivity contribution in [3.05, 3.63) is 97.2 Å². The van der Waals surface area contributed by atoms with Gasteiger partial charge in [0.2, 0.25) is 0 Å². The number of esters is 3. The first-order chi connectivity index (χ1) is 30.0. The highest BCUT2D eigenvalue weighted by atomic mass is 16.6. The molecule has 6 nitrogen and oxygen atoms in total. The van der Waals surface area contributed by atoms with Crippen LogP contribution in [0.3, 0.4) is 0 Å². The monoisotopic (exact) mass is 847 g/mol. The lowest BCUT2D eigenvalue weighted by atomic mass is 10.1. The van der Waals surface area contributed by atoms with Gasteiger partial charge in [-0.3, -0.25) is 14.4 Å². The first-order valence-electron chi connectivity index (χ1n) is 24.8. The lowest BCUT2D eigenvalue weighted by Crippen LogP contribution is -2.30. The Balaban J connectivity index is 4.47. The van der Waals surface area contributed by atoms with Crippen LogP contribution in [0.1, 0.15) is 213 Å². The predicted molar refractivity (Wildman–Crippen MR) is 260 cm³/mol. The topological polar surface area (TPSA) is 78.9 Å². The minimum Gasteiger partial charge on any atom is -0.462 e. The van der Waals surface area contributed by atoms with Gasteiger partial charge in [-0.05, 0) is 103 Å². The zero-order valence-corrected chi connectivity index (χ0v) is 39.4. The van der Waals surface area contributed by atoms with Crippen molar-refractivity contribution in [1.82, 2.24) is 0 Å². The summed E-state index contributed by atoms with van der Waals surface area (Å²) in [4.78, 5) is 37.8. The molecule has 0 amide bonds. The Morgan fingerprint density at radius 1 is 0.361 bits per heavy atom. The fourth-order valence-electron chi connectivity index (χ4n) is 6.38. The molecule has 0 aromatic heterocycles. The first kappa shape index (κ1) is 57.3. The smallest absolute Gasteiger partial charge is 0.306 e. The van der Waals surface area contributed by atoms with E-state index in [9.17, 15) is 14.4 Å². The molecule has 0 aliphatic heterocycles. The number of carbonyl (C=O) groups is 3. The van der Waals surface area contributed by atoms with E-state index in [1.165, 1.54) is 57.8 Å². The molecule has 6 heteroatoms. The van der Waals surface area contributed by atoms with Crippen LogP contribution in [0.4, 0.5) is 0 Å². The summed E-state index contributed by atoms with van der Waals surface area (Å²) in [6.45, 7) is 6.38. The zero-order chi connectivity index (χ0) is 44.4. The summed E-state index contributed by atoms with van der Waals surface area (Å²) in [7, 11) is 0. The average molecular weight is 847 g/mol. The maximum absolute atomic E-state index is 12.7. The van der Waals surface area contributed by atoms with Crippen molar-refractivity contribution in [2.45, 2.75) is 219 Å². The van der Waals surface area contributed by atoms with Gasteiger partial charge in [0.15, 0.2) is 6.10 Å². The second-order valence-corrected chi connectivity index (χ2v) is 16.0. The molecule has 0 spiro atoms. The van der Waals surface area contributed by atoms with Crippen LogP contribution < -0.4 is 0 Å². The van der Waals surface area contributed by atoms with E-state index in [1.807, 2.05) is 0 Å². The second kappa shape index (κ2) is 49.0. The predicted octanol–water partition coefficient (Wildman–Crippen LogP) is 16.2. The van der Waals surface area contributed by atoms with Crippen LogP contribution in [0.25, 0.3) is 0 Å². The van der Waals surface area contributed by atoms with Crippen LogP contribution in [0.5, 0.6) is 0 Å². The van der Waals surface area contributed by atoms with E-state index >= 15 is 0 Å². The highest BCUT2D eigenvalue weighted by molar-refractivity contribution is 5.71. The van der Waals surface area contributed by atoms with Crippen molar-refractivity contribution in [3.63, 3.8) is 0 Å². The number of hydrogen-bond acceptors (Lipinski definition) is 6. The normalized spacial score (nSPS) is 12.9. The molecular weight excluding hydrogens is 757 g/mol. The van der Waals surface area contributed by atoms with Gasteiger partial charge in [0.05, 0.1) is 0 Å². The molecule has 61 heavy (non-hydrogen) atoms. The summed E-state index contributed by atoms with van der Waals surface area (Å²) in [5.41, 5.74) is 0. The molecular formula is C55H90O6. The van der Waals surface area contributed by atoms with E-state index in [4.69, 9.17) is 14.2 Å². The molecule has 0 N–H and O–H groups in total. The van der Waals surface area contributed by atoms with E-state index in [0.717, 1.165) is 109 Å². The highest BCUT2D eigenvalue weighted by Crippen LogP contribution is 2.12. The Morgan fingerprint density at radius 2 is 0.721 bits per heavy atom. The number of carbonyl (C=O) groups excluding carboxylic acids is 3. The van der Waals surface area contributed by atoms with Crippen molar-refractivity contribution < 1.29 is 28.6 Å². The van der Waals surface area contributed by atoms with Crippen LogP contribution in [-0.2, 0) is 28.6 Å². The maximum Gasteiger partial charge on any atom is 0.306 e. The Hall–Kier alpha value is -3.67. The van der Waals surface area contributed by atoms with E-state index in [0.29, 0.717) is 19.3 Å². The molecule has 346 valence electrons. The van der Waals surface area contributed by atoms with Gasteiger partial charge in [0.25, 0.3) is 0 Å². The summed E-state index contributed by atoms with van der Waals surface area (Å²) >= 11 is 0. The zero-order valence-electron chi connectivity index (χ0n) is 39.4. The van der Waals surface area contributed by atoms with Gasteiger partial charge in [0.1, 0.15) is 13.2 Å². The van der Waals surface area contributed by atoms with Gasteiger partial charge in [0, 0.05) is 19.3 Å². The van der Waals surface area contributed by atoms with Gasteiger partial charge in [-0.25, -0.2) is 0 Å². The summed E-state index contributed by atoms with van der Waals surface area (Å²) in [6.07, 6.45) is 64.0. The third-order valence-electron chi connectivity index (χ3n) is 10.1. The molecule has 0 aromatic carbocycles. The maximum atomic E-state index is 12.7. The minimum absolute atomic E-state index is 0.111. The third-order valence-corrected chi connectivity index (χ3v) is 10.1. The molecule has 0 aliphatic rings. The molecule has 0 aliphatic carbocycles. The largest absolute Gasteiger partial charge is 0.462 e. The fraction of sp³-hybridized carbons (Fsp3) is 0.655. The van der Waals surface area contributed by atoms with Crippen LogP contribution in [-0.4, -0.2) is 37.2 Å². The molecule has 1 unspecified atom stereocenters. The summed E-state index contributed by atoms with van der Waals surface area (Å²) in [5.74, 6) is -1.00. The molecule has 0 radical (unpaired) electrons. The summed E-state index contributed by atoms with van der Waals surface area (Å²) in [5, 5.41) is 0. The highest BCUT2D eigenvalue weighted by Gasteiger charge is 2.19. The molecule has 0 fully saturated rings. The Kier molecular flexibility index (Phi) is 46.0. The van der Waals surface area contributed by atoms with Crippen molar-refractivity contribution in [3.8, 4) is 0 Å². The molecule has 0 saturated carbocycles. The fourth-order valence-corrected chi connectivity index (χ4v) is 6.38. The van der Waals surface area contributed by atoms with Crippen molar-refractivity contribution in [1.29, 1.82) is 0 Å². The number of ether oxygens (including phenoxy) is 3. The number of hydrogen-bond donors (Lipinski definition) is 0. The SMILES string of the molecule is CC/C=C\C/C=C\C/C=C\C/C=C\CCCCCC(=O)OC(COC(=O)CCC/C=C\CCCCCC)COC(=O)CCCCCCC\C=C/C=C\C=C/CCCCCCC. The third kappa shape index (κ3) is 47.2. The van der Waals surface area contributed by atoms with E-state index in [-0.39, 0.29) is 37.5 Å². The van der Waals surface area contributed by atoms with E-state index < -0.39 is 6.10 Å². The molecule has 0 bridgehead atoms. The van der Waals surface area contributed by atoms with Gasteiger partial charge in [-0.1, -0.05) is 189 Å². The summed E-state index contributed by atoms with van der Waals surface area (Å²) in [6, 6.07) is 0. The number of allylic oxidation sites excluding steroid dienone is 16. The number of unbranched alkanes of at least 4 members (excludes halogenated alkanes) is 18. The van der Waals surface area contributed by atoms with Gasteiger partial charge in [-0.15, -0.1) is 0 Å². The Morgan fingerprint density at radius 3 is 1.25 bits per heavy atom. The molecule has 0 aromatic rings. The second-order valence-electron chi connectivity index (χ2n) is 16.0. The standard InChI is InChI=1S/C55H90O6/c1-4-7-10-13-16-19-21-23-25-27-28-30-31-33-36-39-42-45-48-54(57)60-51-52(50-59-53(56)47-44-41-38-35-18-15-12-9-6-3)61-55(58)49-46-43-40-37-34-32-29-26-24-22-20-17-14-11-8-5-2/h8,11,17,20-21,23-28,30,32,34-35,38,52H,4-7,9-10,12-16,18-19,22,29,31,33,36-37,39-51H2,1-3H3/b11-8-,20-17-,23-21-,26-24-,27-25-,30-28-,34-32-,38-35-. The van der Waals surface area contributed by atoms with Gasteiger partial charge >= 0.3 is 17.9 Å². The quantitative estimate of drug-likeness (QED) is 0.0200. The van der Waals surface area contributed by atoms with E-state index in [2.05, 4.69) is 118 Å². The van der Waals surface area contributed by atoms with Crippen molar-refractivity contribution in [2.75, 3.05) is 13.2 Å². The minimum atomic E-state index is -0.813. The van der Waals surface area contributed by atoms with Gasteiger partial charge < -0.3 is 14.2 Å². The summed E-state index contributed by atoms with van der Waals surface area (Å²) < 4.78 is 16.7. The Bertz CT molecular complexity index is 1250. The number of rotatable bonds is 43. The molecule has 0 saturated heterocycles. The van der Waals surface area contributed by atoms with Gasteiger partial charge in [-0.2, -0.15) is 0 Å². The molecule has 0 rings (SSSR count). The molecule has 1 atom stereocenters. The van der Waals surface area contributed by atoms with Crippen molar-refractivity contribution in [2.24, 2.45) is 0 Å². The lowest BCUT2D eigenvalue weighted by Gasteiger charge is -2.18. The average Bonchev–Trinajstić information content (AvgIpc) is 3.26. The van der Waals surface area contributed by atoms with Crippen LogP contribution in [0.15, 0.2) is 97.2 Å². The van der Waals surface area contributed by atoms with Crippen LogP contribution >= 0.6 is 0 Å². The first-order valence-corrected chi connectivity index (χ1v) is 24.8. The van der Waals surface area contributed by atoms with Crippen molar-refractivity contribution >= 4 is 17.9 Å². The van der Waals surface area contributed by atoms with E-state index in [1.54, 1.807) is 0 Å².